The molecule has 2 nitrogen and oxygen atoms in total. The van der Waals surface area contributed by atoms with Gasteiger partial charge in [-0.2, -0.15) is 0 Å². The Balaban J connectivity index is 2.28. The van der Waals surface area contributed by atoms with E-state index in [1.807, 2.05) is 0 Å². The second-order valence-corrected chi connectivity index (χ2v) is 4.69. The van der Waals surface area contributed by atoms with E-state index in [1.54, 1.807) is 6.92 Å². The molecule has 0 aliphatic carbocycles. The summed E-state index contributed by atoms with van der Waals surface area (Å²) in [6, 6.07) is 9.10. The van der Waals surface area contributed by atoms with E-state index in [0.29, 0.717) is 12.6 Å². The Bertz CT molecular complexity index is 309. The van der Waals surface area contributed by atoms with Gasteiger partial charge in [-0.25, -0.2) is 0 Å². The maximum Gasteiger partial charge on any atom is 0.0636 e. The first-order chi connectivity index (χ1) is 7.58. The van der Waals surface area contributed by atoms with Gasteiger partial charge in [0, 0.05) is 12.6 Å². The zero-order valence-corrected chi connectivity index (χ0v) is 10.5. The molecule has 0 bridgehead atoms. The molecule has 0 amide bonds. The molecule has 0 aliphatic rings. The average Bonchev–Trinajstić information content (AvgIpc) is 2.23. The standard InChI is InChI=1S/C14H23NO/c1-11-5-4-6-14(9-11)8-7-12(2)15-10-13(3)16/h4-6,9,12-13,15-16H,7-8,10H2,1-3H3. The van der Waals surface area contributed by atoms with Gasteiger partial charge in [-0.1, -0.05) is 29.8 Å². The Morgan fingerprint density at radius 1 is 1.31 bits per heavy atom. The quantitative estimate of drug-likeness (QED) is 0.772. The van der Waals surface area contributed by atoms with Crippen LogP contribution in [-0.2, 0) is 6.42 Å². The van der Waals surface area contributed by atoms with Gasteiger partial charge < -0.3 is 10.4 Å². The Morgan fingerprint density at radius 2 is 2.06 bits per heavy atom. The average molecular weight is 221 g/mol. The van der Waals surface area contributed by atoms with Crippen LogP contribution in [0.25, 0.3) is 0 Å². The number of hydrogen-bond acceptors (Lipinski definition) is 2. The van der Waals surface area contributed by atoms with Crippen molar-refractivity contribution in [1.82, 2.24) is 5.32 Å². The summed E-state index contributed by atoms with van der Waals surface area (Å²) in [4.78, 5) is 0. The zero-order valence-electron chi connectivity index (χ0n) is 10.5. The molecule has 90 valence electrons. The van der Waals surface area contributed by atoms with Crippen molar-refractivity contribution in [3.05, 3.63) is 35.4 Å². The first-order valence-corrected chi connectivity index (χ1v) is 6.05. The van der Waals surface area contributed by atoms with Crippen LogP contribution in [0.5, 0.6) is 0 Å². The van der Waals surface area contributed by atoms with E-state index in [0.717, 1.165) is 12.8 Å². The van der Waals surface area contributed by atoms with E-state index in [2.05, 4.69) is 43.4 Å². The molecule has 1 rings (SSSR count). The van der Waals surface area contributed by atoms with Crippen molar-refractivity contribution in [2.45, 2.75) is 45.8 Å². The molecule has 0 saturated heterocycles. The molecular weight excluding hydrogens is 198 g/mol. The van der Waals surface area contributed by atoms with Gasteiger partial charge in [-0.15, -0.1) is 0 Å². The summed E-state index contributed by atoms with van der Waals surface area (Å²) in [5.74, 6) is 0. The van der Waals surface area contributed by atoms with Crippen LogP contribution in [0.3, 0.4) is 0 Å². The van der Waals surface area contributed by atoms with Gasteiger partial charge in [0.05, 0.1) is 6.10 Å². The highest BCUT2D eigenvalue weighted by molar-refractivity contribution is 5.22. The molecule has 0 radical (unpaired) electrons. The largest absolute Gasteiger partial charge is 0.392 e. The Kier molecular flexibility index (Phi) is 5.50. The summed E-state index contributed by atoms with van der Waals surface area (Å²) >= 11 is 0. The molecule has 0 spiro atoms. The summed E-state index contributed by atoms with van der Waals surface area (Å²) in [7, 11) is 0. The van der Waals surface area contributed by atoms with Crippen molar-refractivity contribution in [3.8, 4) is 0 Å². The number of aliphatic hydroxyl groups excluding tert-OH is 1. The lowest BCUT2D eigenvalue weighted by atomic mass is 10.0. The smallest absolute Gasteiger partial charge is 0.0636 e. The van der Waals surface area contributed by atoms with E-state index >= 15 is 0 Å². The summed E-state index contributed by atoms with van der Waals surface area (Å²) < 4.78 is 0. The second-order valence-electron chi connectivity index (χ2n) is 4.69. The minimum Gasteiger partial charge on any atom is -0.392 e. The van der Waals surface area contributed by atoms with E-state index in [1.165, 1.54) is 11.1 Å². The minimum atomic E-state index is -0.263. The summed E-state index contributed by atoms with van der Waals surface area (Å²) in [6.45, 7) is 6.77. The third-order valence-electron chi connectivity index (χ3n) is 2.71. The molecule has 2 heteroatoms. The molecule has 0 aromatic heterocycles. The van der Waals surface area contributed by atoms with Gasteiger partial charge >= 0.3 is 0 Å². The number of hydrogen-bond donors (Lipinski definition) is 2. The van der Waals surface area contributed by atoms with Crippen LogP contribution in [0.1, 0.15) is 31.4 Å². The molecule has 0 saturated carbocycles. The first kappa shape index (κ1) is 13.2. The molecule has 0 heterocycles. The van der Waals surface area contributed by atoms with Crippen LogP contribution in [0.4, 0.5) is 0 Å². The molecular formula is C14H23NO. The first-order valence-electron chi connectivity index (χ1n) is 6.05. The molecule has 1 aromatic rings. The molecule has 16 heavy (non-hydrogen) atoms. The number of nitrogens with one attached hydrogen (secondary N) is 1. The van der Waals surface area contributed by atoms with E-state index in [9.17, 15) is 0 Å². The second kappa shape index (κ2) is 6.66. The Labute approximate surface area is 98.7 Å². The van der Waals surface area contributed by atoms with Crippen LogP contribution in [-0.4, -0.2) is 23.8 Å². The topological polar surface area (TPSA) is 32.3 Å². The highest BCUT2D eigenvalue weighted by Crippen LogP contribution is 2.07. The lowest BCUT2D eigenvalue weighted by molar-refractivity contribution is 0.186. The molecule has 2 atom stereocenters. The fourth-order valence-corrected chi connectivity index (χ4v) is 1.72. The number of rotatable bonds is 6. The lowest BCUT2D eigenvalue weighted by Gasteiger charge is -2.15. The predicted octanol–water partition coefficient (Wildman–Crippen LogP) is 2.29. The van der Waals surface area contributed by atoms with Crippen molar-refractivity contribution in [3.63, 3.8) is 0 Å². The van der Waals surface area contributed by atoms with Crippen LogP contribution < -0.4 is 5.32 Å². The van der Waals surface area contributed by atoms with Crippen LogP contribution in [0.2, 0.25) is 0 Å². The molecule has 0 aliphatic heterocycles. The molecule has 0 fully saturated rings. The van der Waals surface area contributed by atoms with Gasteiger partial charge in [-0.05, 0) is 39.2 Å². The van der Waals surface area contributed by atoms with Crippen molar-refractivity contribution in [2.24, 2.45) is 0 Å². The SMILES string of the molecule is Cc1cccc(CCC(C)NCC(C)O)c1. The molecule has 2 N–H and O–H groups in total. The minimum absolute atomic E-state index is 0.263. The van der Waals surface area contributed by atoms with E-state index < -0.39 is 0 Å². The summed E-state index contributed by atoms with van der Waals surface area (Å²) in [5, 5.41) is 12.5. The van der Waals surface area contributed by atoms with Gasteiger partial charge in [-0.3, -0.25) is 0 Å². The summed E-state index contributed by atoms with van der Waals surface area (Å²) in [6.07, 6.45) is 1.94. The maximum atomic E-state index is 9.16. The van der Waals surface area contributed by atoms with Gasteiger partial charge in [0.25, 0.3) is 0 Å². The fraction of sp³-hybridized carbons (Fsp3) is 0.571. The van der Waals surface area contributed by atoms with Gasteiger partial charge in [0.1, 0.15) is 0 Å². The highest BCUT2D eigenvalue weighted by atomic mass is 16.3. The highest BCUT2D eigenvalue weighted by Gasteiger charge is 2.03. The third kappa shape index (κ3) is 5.29. The third-order valence-corrected chi connectivity index (χ3v) is 2.71. The number of aryl methyl sites for hydroxylation is 2. The van der Waals surface area contributed by atoms with Crippen molar-refractivity contribution >= 4 is 0 Å². The maximum absolute atomic E-state index is 9.16. The Hall–Kier alpha value is -0.860. The molecule has 2 unspecified atom stereocenters. The van der Waals surface area contributed by atoms with Crippen molar-refractivity contribution in [2.75, 3.05) is 6.54 Å². The van der Waals surface area contributed by atoms with Crippen LogP contribution >= 0.6 is 0 Å². The van der Waals surface area contributed by atoms with Gasteiger partial charge in [0.2, 0.25) is 0 Å². The lowest BCUT2D eigenvalue weighted by Crippen LogP contribution is -2.32. The Morgan fingerprint density at radius 3 is 2.69 bits per heavy atom. The summed E-state index contributed by atoms with van der Waals surface area (Å²) in [5.41, 5.74) is 2.72. The van der Waals surface area contributed by atoms with Crippen molar-refractivity contribution in [1.29, 1.82) is 0 Å². The fourth-order valence-electron chi connectivity index (χ4n) is 1.72. The zero-order chi connectivity index (χ0) is 12.0. The molecule has 1 aromatic carbocycles. The van der Waals surface area contributed by atoms with Crippen LogP contribution in [0.15, 0.2) is 24.3 Å². The van der Waals surface area contributed by atoms with E-state index in [4.69, 9.17) is 5.11 Å². The number of aliphatic hydroxyl groups is 1. The van der Waals surface area contributed by atoms with Crippen LogP contribution in [0, 0.1) is 6.92 Å². The monoisotopic (exact) mass is 221 g/mol. The van der Waals surface area contributed by atoms with Gasteiger partial charge in [0.15, 0.2) is 0 Å². The normalized spacial score (nSPS) is 14.8. The van der Waals surface area contributed by atoms with E-state index in [-0.39, 0.29) is 6.10 Å². The predicted molar refractivity (Wildman–Crippen MR) is 68.6 cm³/mol. The number of benzene rings is 1. The van der Waals surface area contributed by atoms with Crippen molar-refractivity contribution < 1.29 is 5.11 Å².